The van der Waals surface area contributed by atoms with Crippen molar-refractivity contribution in [3.8, 4) is 17.2 Å². The standard InChI is InChI=1S/C28H20Cl2N4O4/c29-19-9-11-23(12-10-19)38-25-17-32-34(22-7-2-5-20(30)15-22)28(36)26(25)33-21-6-1-4-18(14-21)27(35)31-16-24-8-3-13-37-24/h1-15,17,33H,16H2,(H,31,35). The van der Waals surface area contributed by atoms with Gasteiger partial charge in [0.15, 0.2) is 11.4 Å². The van der Waals surface area contributed by atoms with Crippen molar-refractivity contribution in [1.29, 1.82) is 0 Å². The molecule has 5 rings (SSSR count). The summed E-state index contributed by atoms with van der Waals surface area (Å²) in [6.45, 7) is 0.247. The molecular weight excluding hydrogens is 527 g/mol. The van der Waals surface area contributed by atoms with Crippen molar-refractivity contribution < 1.29 is 13.9 Å². The second kappa shape index (κ2) is 11.2. The Bertz CT molecular complexity index is 1630. The van der Waals surface area contributed by atoms with Gasteiger partial charge in [-0.2, -0.15) is 9.78 Å². The SMILES string of the molecule is O=C(NCc1ccco1)c1cccc(Nc2c(Oc3ccc(Cl)cc3)cnn(-c3cccc(Cl)c3)c2=O)c1. The molecule has 0 bridgehead atoms. The number of anilines is 2. The summed E-state index contributed by atoms with van der Waals surface area (Å²) in [5, 5.41) is 11.2. The first-order valence-electron chi connectivity index (χ1n) is 11.5. The topological polar surface area (TPSA) is 98.4 Å². The number of aromatic nitrogens is 2. The third-order valence-corrected chi connectivity index (χ3v) is 5.92. The average Bonchev–Trinajstić information content (AvgIpc) is 3.45. The number of furan rings is 1. The van der Waals surface area contributed by atoms with Gasteiger partial charge in [0.1, 0.15) is 11.5 Å². The first-order chi connectivity index (χ1) is 18.5. The van der Waals surface area contributed by atoms with Gasteiger partial charge in [-0.05, 0) is 72.8 Å². The van der Waals surface area contributed by atoms with E-state index in [1.807, 2.05) is 0 Å². The molecular formula is C28H20Cl2N4O4. The van der Waals surface area contributed by atoms with Crippen LogP contribution >= 0.6 is 23.2 Å². The van der Waals surface area contributed by atoms with Crippen molar-refractivity contribution in [3.63, 3.8) is 0 Å². The number of nitrogens with zero attached hydrogens (tertiary/aromatic N) is 2. The van der Waals surface area contributed by atoms with Crippen LogP contribution < -0.4 is 20.9 Å². The summed E-state index contributed by atoms with van der Waals surface area (Å²) in [6, 6.07) is 23.8. The van der Waals surface area contributed by atoms with E-state index in [4.69, 9.17) is 32.4 Å². The van der Waals surface area contributed by atoms with Gasteiger partial charge in [-0.3, -0.25) is 9.59 Å². The Balaban J connectivity index is 1.48. The Morgan fingerprint density at radius 2 is 1.76 bits per heavy atom. The van der Waals surface area contributed by atoms with Gasteiger partial charge in [-0.25, -0.2) is 0 Å². The zero-order chi connectivity index (χ0) is 26.5. The molecule has 2 N–H and O–H groups in total. The number of rotatable bonds is 8. The number of amides is 1. The van der Waals surface area contributed by atoms with Gasteiger partial charge < -0.3 is 19.8 Å². The van der Waals surface area contributed by atoms with Gasteiger partial charge in [0.2, 0.25) is 0 Å². The van der Waals surface area contributed by atoms with Crippen LogP contribution in [0.3, 0.4) is 0 Å². The molecule has 5 aromatic rings. The van der Waals surface area contributed by atoms with Crippen molar-refractivity contribution in [3.05, 3.63) is 129 Å². The highest BCUT2D eigenvalue weighted by Crippen LogP contribution is 2.30. The molecule has 190 valence electrons. The molecule has 0 fully saturated rings. The number of benzene rings is 3. The molecule has 0 aliphatic rings. The van der Waals surface area contributed by atoms with E-state index < -0.39 is 5.56 Å². The molecule has 10 heteroatoms. The summed E-state index contributed by atoms with van der Waals surface area (Å²) in [5.74, 6) is 0.984. The number of carbonyl (C=O) groups is 1. The Morgan fingerprint density at radius 1 is 0.947 bits per heavy atom. The molecule has 0 atom stereocenters. The van der Waals surface area contributed by atoms with Crippen LogP contribution in [0.2, 0.25) is 10.0 Å². The minimum atomic E-state index is -0.480. The van der Waals surface area contributed by atoms with Gasteiger partial charge in [-0.1, -0.05) is 35.3 Å². The highest BCUT2D eigenvalue weighted by molar-refractivity contribution is 6.31. The van der Waals surface area contributed by atoms with Crippen LogP contribution in [0.15, 0.2) is 107 Å². The van der Waals surface area contributed by atoms with Crippen LogP contribution in [0, 0.1) is 0 Å². The molecule has 3 aromatic carbocycles. The fourth-order valence-electron chi connectivity index (χ4n) is 3.62. The first kappa shape index (κ1) is 25.1. The van der Waals surface area contributed by atoms with Crippen molar-refractivity contribution >= 4 is 40.5 Å². The summed E-state index contributed by atoms with van der Waals surface area (Å²) in [6.07, 6.45) is 2.97. The van der Waals surface area contributed by atoms with Crippen molar-refractivity contribution in [2.24, 2.45) is 0 Å². The normalized spacial score (nSPS) is 10.7. The lowest BCUT2D eigenvalue weighted by molar-refractivity contribution is 0.0948. The highest BCUT2D eigenvalue weighted by Gasteiger charge is 2.17. The van der Waals surface area contributed by atoms with Crippen LogP contribution in [0.25, 0.3) is 5.69 Å². The van der Waals surface area contributed by atoms with E-state index in [1.165, 1.54) is 10.9 Å². The van der Waals surface area contributed by atoms with Crippen LogP contribution in [-0.4, -0.2) is 15.7 Å². The molecule has 1 amide bonds. The quantitative estimate of drug-likeness (QED) is 0.227. The third kappa shape index (κ3) is 5.88. The summed E-state index contributed by atoms with van der Waals surface area (Å²) in [7, 11) is 0. The lowest BCUT2D eigenvalue weighted by atomic mass is 10.2. The Kier molecular flexibility index (Phi) is 7.44. The van der Waals surface area contributed by atoms with Gasteiger partial charge in [0.05, 0.1) is 24.7 Å². The lowest BCUT2D eigenvalue weighted by Crippen LogP contribution is -2.24. The van der Waals surface area contributed by atoms with Crippen LogP contribution in [0.4, 0.5) is 11.4 Å². The largest absolute Gasteiger partial charge is 0.467 e. The minimum absolute atomic E-state index is 0.114. The first-order valence-corrected chi connectivity index (χ1v) is 12.2. The van der Waals surface area contributed by atoms with Crippen molar-refractivity contribution in [2.45, 2.75) is 6.54 Å². The van der Waals surface area contributed by atoms with E-state index in [0.717, 1.165) is 0 Å². The minimum Gasteiger partial charge on any atom is -0.467 e. The fourth-order valence-corrected chi connectivity index (χ4v) is 3.93. The molecule has 0 saturated heterocycles. The predicted octanol–water partition coefficient (Wildman–Crippen LogP) is 6.60. The zero-order valence-corrected chi connectivity index (χ0v) is 21.2. The van der Waals surface area contributed by atoms with Gasteiger partial charge >= 0.3 is 0 Å². The zero-order valence-electron chi connectivity index (χ0n) is 19.7. The Morgan fingerprint density at radius 3 is 2.53 bits per heavy atom. The summed E-state index contributed by atoms with van der Waals surface area (Å²) < 4.78 is 12.4. The third-order valence-electron chi connectivity index (χ3n) is 5.43. The number of halogens is 2. The number of carbonyl (C=O) groups excluding carboxylic acids is 1. The molecule has 0 radical (unpaired) electrons. The average molecular weight is 547 g/mol. The molecule has 0 spiro atoms. The lowest BCUT2D eigenvalue weighted by Gasteiger charge is -2.15. The van der Waals surface area contributed by atoms with E-state index in [0.29, 0.717) is 38.5 Å². The smallest absolute Gasteiger partial charge is 0.299 e. The van der Waals surface area contributed by atoms with E-state index in [-0.39, 0.29) is 23.9 Å². The second-order valence-electron chi connectivity index (χ2n) is 8.10. The number of hydrogen-bond donors (Lipinski definition) is 2. The number of ether oxygens (including phenoxy) is 1. The van der Waals surface area contributed by atoms with Crippen LogP contribution in [0.1, 0.15) is 16.1 Å². The predicted molar refractivity (Wildman–Crippen MR) is 146 cm³/mol. The maximum atomic E-state index is 13.6. The Labute approximate surface area is 227 Å². The van der Waals surface area contributed by atoms with Crippen LogP contribution in [0.5, 0.6) is 11.5 Å². The van der Waals surface area contributed by atoms with Gasteiger partial charge in [-0.15, -0.1) is 0 Å². The number of hydrogen-bond acceptors (Lipinski definition) is 6. The van der Waals surface area contributed by atoms with E-state index >= 15 is 0 Å². The summed E-state index contributed by atoms with van der Waals surface area (Å²) in [5.41, 5.74) is 1.01. The molecule has 2 heterocycles. The van der Waals surface area contributed by atoms with E-state index in [2.05, 4.69) is 15.7 Å². The summed E-state index contributed by atoms with van der Waals surface area (Å²) >= 11 is 12.1. The monoisotopic (exact) mass is 546 g/mol. The molecule has 0 unspecified atom stereocenters. The molecule has 8 nitrogen and oxygen atoms in total. The maximum absolute atomic E-state index is 13.6. The highest BCUT2D eigenvalue weighted by atomic mass is 35.5. The molecule has 0 aliphatic carbocycles. The van der Waals surface area contributed by atoms with Crippen molar-refractivity contribution in [1.82, 2.24) is 15.1 Å². The molecule has 2 aromatic heterocycles. The van der Waals surface area contributed by atoms with E-state index in [1.54, 1.807) is 91.2 Å². The van der Waals surface area contributed by atoms with Crippen molar-refractivity contribution in [2.75, 3.05) is 5.32 Å². The van der Waals surface area contributed by atoms with Gasteiger partial charge in [0, 0.05) is 21.3 Å². The van der Waals surface area contributed by atoms with Crippen LogP contribution in [-0.2, 0) is 6.54 Å². The molecule has 38 heavy (non-hydrogen) atoms. The van der Waals surface area contributed by atoms with Gasteiger partial charge in [0.25, 0.3) is 11.5 Å². The summed E-state index contributed by atoms with van der Waals surface area (Å²) in [4.78, 5) is 26.3. The van der Waals surface area contributed by atoms with E-state index in [9.17, 15) is 9.59 Å². The second-order valence-corrected chi connectivity index (χ2v) is 8.98. The molecule has 0 aliphatic heterocycles. The molecule has 0 saturated carbocycles. The maximum Gasteiger partial charge on any atom is 0.299 e. The number of nitrogens with one attached hydrogen (secondary N) is 2. The fraction of sp³-hybridized carbons (Fsp3) is 0.0357. The Hall–Kier alpha value is -4.53.